The maximum Gasteiger partial charge on any atom is 0.271 e. The first-order valence-electron chi connectivity index (χ1n) is 8.38. The first kappa shape index (κ1) is 19.9. The second kappa shape index (κ2) is 9.36. The number of carbonyl (C=O) groups is 1. The summed E-state index contributed by atoms with van der Waals surface area (Å²) in [6, 6.07) is 7.99. The fraction of sp³-hybridized carbons (Fsp3) is 0.444. The third-order valence-electron chi connectivity index (χ3n) is 4.50. The SMILES string of the molecule is Cl.Cn1cc(Br)cc1C(=O)N(Cc1ccccn1)C1CCCNCC1. The van der Waals surface area contributed by atoms with Crippen LogP contribution in [0.2, 0.25) is 0 Å². The number of nitrogens with zero attached hydrogens (tertiary/aromatic N) is 3. The lowest BCUT2D eigenvalue weighted by atomic mass is 10.1. The van der Waals surface area contributed by atoms with E-state index in [1.165, 1.54) is 0 Å². The Kier molecular flexibility index (Phi) is 7.47. The highest BCUT2D eigenvalue weighted by Gasteiger charge is 2.27. The van der Waals surface area contributed by atoms with E-state index in [-0.39, 0.29) is 24.4 Å². The molecule has 7 heteroatoms. The van der Waals surface area contributed by atoms with Crippen LogP contribution in [0.5, 0.6) is 0 Å². The average molecular weight is 428 g/mol. The molecular weight excluding hydrogens is 404 g/mol. The summed E-state index contributed by atoms with van der Waals surface area (Å²) in [5, 5.41) is 3.42. The minimum absolute atomic E-state index is 0. The van der Waals surface area contributed by atoms with Gasteiger partial charge in [0.25, 0.3) is 5.91 Å². The van der Waals surface area contributed by atoms with E-state index in [9.17, 15) is 4.79 Å². The number of halogens is 2. The smallest absolute Gasteiger partial charge is 0.271 e. The van der Waals surface area contributed by atoms with Crippen molar-refractivity contribution in [1.29, 1.82) is 0 Å². The van der Waals surface area contributed by atoms with E-state index < -0.39 is 0 Å². The van der Waals surface area contributed by atoms with Gasteiger partial charge in [-0.05, 0) is 66.5 Å². The Balaban J connectivity index is 0.00000225. The van der Waals surface area contributed by atoms with Crippen LogP contribution >= 0.6 is 28.3 Å². The van der Waals surface area contributed by atoms with Crippen molar-refractivity contribution in [2.24, 2.45) is 7.05 Å². The highest BCUT2D eigenvalue weighted by atomic mass is 79.9. The van der Waals surface area contributed by atoms with Gasteiger partial charge in [0.1, 0.15) is 5.69 Å². The molecule has 136 valence electrons. The number of carbonyl (C=O) groups excluding carboxylic acids is 1. The maximum absolute atomic E-state index is 13.2. The maximum atomic E-state index is 13.2. The van der Waals surface area contributed by atoms with Gasteiger partial charge in [0.2, 0.25) is 0 Å². The van der Waals surface area contributed by atoms with Crippen molar-refractivity contribution in [2.45, 2.75) is 31.8 Å². The van der Waals surface area contributed by atoms with E-state index in [1.54, 1.807) is 6.20 Å². The fourth-order valence-corrected chi connectivity index (χ4v) is 3.75. The summed E-state index contributed by atoms with van der Waals surface area (Å²) in [7, 11) is 1.91. The largest absolute Gasteiger partial charge is 0.345 e. The van der Waals surface area contributed by atoms with Crippen molar-refractivity contribution in [3.05, 3.63) is 52.5 Å². The van der Waals surface area contributed by atoms with Crippen molar-refractivity contribution in [1.82, 2.24) is 19.8 Å². The van der Waals surface area contributed by atoms with Gasteiger partial charge in [-0.2, -0.15) is 0 Å². The monoisotopic (exact) mass is 426 g/mol. The molecule has 5 nitrogen and oxygen atoms in total. The number of hydrogen-bond acceptors (Lipinski definition) is 3. The van der Waals surface area contributed by atoms with Crippen molar-refractivity contribution in [2.75, 3.05) is 13.1 Å². The highest BCUT2D eigenvalue weighted by Crippen LogP contribution is 2.21. The Morgan fingerprint density at radius 3 is 2.92 bits per heavy atom. The second-order valence-electron chi connectivity index (χ2n) is 6.24. The summed E-state index contributed by atoms with van der Waals surface area (Å²) >= 11 is 3.46. The van der Waals surface area contributed by atoms with E-state index in [4.69, 9.17) is 0 Å². The van der Waals surface area contributed by atoms with Gasteiger partial charge in [-0.1, -0.05) is 6.07 Å². The molecular formula is C18H24BrClN4O. The van der Waals surface area contributed by atoms with Crippen LogP contribution < -0.4 is 5.32 Å². The van der Waals surface area contributed by atoms with Gasteiger partial charge in [-0.25, -0.2) is 0 Å². The van der Waals surface area contributed by atoms with Gasteiger partial charge in [0.15, 0.2) is 0 Å². The summed E-state index contributed by atoms with van der Waals surface area (Å²) in [5.41, 5.74) is 1.63. The second-order valence-corrected chi connectivity index (χ2v) is 7.16. The molecule has 0 bridgehead atoms. The van der Waals surface area contributed by atoms with Gasteiger partial charge in [-0.15, -0.1) is 12.4 Å². The van der Waals surface area contributed by atoms with Crippen LogP contribution in [0.1, 0.15) is 35.4 Å². The molecule has 2 aromatic heterocycles. The van der Waals surface area contributed by atoms with Crippen LogP contribution in [-0.2, 0) is 13.6 Å². The summed E-state index contributed by atoms with van der Waals surface area (Å²) in [6.07, 6.45) is 6.79. The van der Waals surface area contributed by atoms with E-state index in [2.05, 4.69) is 26.2 Å². The molecule has 0 radical (unpaired) electrons. The van der Waals surface area contributed by atoms with Crippen LogP contribution in [0, 0.1) is 0 Å². The molecule has 1 aliphatic rings. The Labute approximate surface area is 163 Å². The molecule has 0 saturated carbocycles. The van der Waals surface area contributed by atoms with Crippen molar-refractivity contribution in [3.8, 4) is 0 Å². The summed E-state index contributed by atoms with van der Waals surface area (Å²) in [5.74, 6) is 0.0701. The standard InChI is InChI=1S/C18H23BrN4O.ClH/c1-22-12-14(19)11-17(22)18(24)23(13-15-5-2-3-9-21-15)16-6-4-8-20-10-7-16;/h2-3,5,9,11-12,16,20H,4,6-8,10,13H2,1H3;1H. The molecule has 0 aliphatic carbocycles. The number of amides is 1. The molecule has 1 amide bonds. The average Bonchev–Trinajstić information content (AvgIpc) is 2.79. The summed E-state index contributed by atoms with van der Waals surface area (Å²) in [6.45, 7) is 2.53. The zero-order valence-electron chi connectivity index (χ0n) is 14.3. The molecule has 1 N–H and O–H groups in total. The molecule has 1 unspecified atom stereocenters. The third-order valence-corrected chi connectivity index (χ3v) is 4.93. The van der Waals surface area contributed by atoms with Gasteiger partial charge >= 0.3 is 0 Å². The predicted octanol–water partition coefficient (Wildman–Crippen LogP) is 3.39. The highest BCUT2D eigenvalue weighted by molar-refractivity contribution is 9.10. The normalized spacial score (nSPS) is 17.4. The van der Waals surface area contributed by atoms with Gasteiger partial charge < -0.3 is 14.8 Å². The first-order valence-corrected chi connectivity index (χ1v) is 9.18. The van der Waals surface area contributed by atoms with Crippen molar-refractivity contribution >= 4 is 34.2 Å². The minimum Gasteiger partial charge on any atom is -0.345 e. The molecule has 1 aliphatic heterocycles. The van der Waals surface area contributed by atoms with Gasteiger partial charge in [-0.3, -0.25) is 9.78 Å². The molecule has 0 spiro atoms. The number of nitrogens with one attached hydrogen (secondary N) is 1. The minimum atomic E-state index is 0. The van der Waals surface area contributed by atoms with E-state index >= 15 is 0 Å². The summed E-state index contributed by atoms with van der Waals surface area (Å²) < 4.78 is 2.81. The number of aromatic nitrogens is 2. The molecule has 3 heterocycles. The number of rotatable bonds is 4. The van der Waals surface area contributed by atoms with Crippen LogP contribution in [-0.4, -0.2) is 39.5 Å². The number of pyridine rings is 1. The van der Waals surface area contributed by atoms with E-state index in [0.29, 0.717) is 12.2 Å². The van der Waals surface area contributed by atoms with E-state index in [1.807, 2.05) is 47.0 Å². The fourth-order valence-electron chi connectivity index (χ4n) is 3.23. The lowest BCUT2D eigenvalue weighted by molar-refractivity contribution is 0.0632. The molecule has 25 heavy (non-hydrogen) atoms. The number of hydrogen-bond donors (Lipinski definition) is 1. The summed E-state index contributed by atoms with van der Waals surface area (Å²) in [4.78, 5) is 19.6. The molecule has 1 saturated heterocycles. The topological polar surface area (TPSA) is 50.2 Å². The van der Waals surface area contributed by atoms with Crippen LogP contribution in [0.4, 0.5) is 0 Å². The van der Waals surface area contributed by atoms with Crippen molar-refractivity contribution in [3.63, 3.8) is 0 Å². The van der Waals surface area contributed by atoms with Crippen LogP contribution in [0.15, 0.2) is 41.1 Å². The van der Waals surface area contributed by atoms with Gasteiger partial charge in [0.05, 0.1) is 12.2 Å². The number of aryl methyl sites for hydroxylation is 1. The lowest BCUT2D eigenvalue weighted by Gasteiger charge is -2.31. The zero-order valence-corrected chi connectivity index (χ0v) is 16.7. The Bertz CT molecular complexity index is 684. The van der Waals surface area contributed by atoms with Crippen LogP contribution in [0.25, 0.3) is 0 Å². The molecule has 1 atom stereocenters. The Morgan fingerprint density at radius 2 is 2.24 bits per heavy atom. The molecule has 0 aromatic carbocycles. The van der Waals surface area contributed by atoms with Crippen molar-refractivity contribution < 1.29 is 4.79 Å². The Morgan fingerprint density at radius 1 is 1.40 bits per heavy atom. The van der Waals surface area contributed by atoms with Crippen LogP contribution in [0.3, 0.4) is 0 Å². The lowest BCUT2D eigenvalue weighted by Crippen LogP contribution is -2.41. The van der Waals surface area contributed by atoms with Gasteiger partial charge in [0, 0.05) is 30.0 Å². The molecule has 1 fully saturated rings. The molecule has 2 aromatic rings. The Hall–Kier alpha value is -1.37. The van der Waals surface area contributed by atoms with E-state index in [0.717, 1.165) is 42.5 Å². The predicted molar refractivity (Wildman–Crippen MR) is 105 cm³/mol. The first-order chi connectivity index (χ1) is 11.6. The molecule has 3 rings (SSSR count). The zero-order chi connectivity index (χ0) is 16.9. The third kappa shape index (κ3) is 5.06. The quantitative estimate of drug-likeness (QED) is 0.814.